The summed E-state index contributed by atoms with van der Waals surface area (Å²) in [6, 6.07) is 5.28. The van der Waals surface area contributed by atoms with E-state index in [9.17, 15) is 4.79 Å². The maximum Gasteiger partial charge on any atom is 0.255 e. The number of carbonyl (C=O) groups is 1. The molecule has 4 heteroatoms. The third-order valence-electron chi connectivity index (χ3n) is 2.08. The number of furan rings is 1. The molecule has 0 bridgehead atoms. The summed E-state index contributed by atoms with van der Waals surface area (Å²) in [5.41, 5.74) is 1.22. The standard InChI is InChI=1S/C11H8ClNO2/c1-7-9(11(12)14)5-10(15-7)8-3-2-4-13-6-8/h2-6H,1H3. The Morgan fingerprint density at radius 3 is 2.87 bits per heavy atom. The summed E-state index contributed by atoms with van der Waals surface area (Å²) < 4.78 is 5.42. The predicted octanol–water partition coefficient (Wildman–Crippen LogP) is 3.03. The molecule has 0 N–H and O–H groups in total. The van der Waals surface area contributed by atoms with Crippen LogP contribution in [0.25, 0.3) is 11.3 Å². The minimum atomic E-state index is -0.508. The first-order valence-electron chi connectivity index (χ1n) is 4.39. The topological polar surface area (TPSA) is 43.1 Å². The third kappa shape index (κ3) is 1.92. The van der Waals surface area contributed by atoms with Gasteiger partial charge in [-0.15, -0.1) is 0 Å². The second kappa shape index (κ2) is 3.87. The van der Waals surface area contributed by atoms with E-state index in [4.69, 9.17) is 16.0 Å². The van der Waals surface area contributed by atoms with Gasteiger partial charge in [0.25, 0.3) is 5.24 Å². The van der Waals surface area contributed by atoms with E-state index in [0.717, 1.165) is 5.56 Å². The molecule has 2 rings (SSSR count). The second-order valence-electron chi connectivity index (χ2n) is 3.10. The van der Waals surface area contributed by atoms with Crippen molar-refractivity contribution in [3.8, 4) is 11.3 Å². The molecule has 0 aliphatic heterocycles. The molecule has 0 atom stereocenters. The molecule has 0 aliphatic rings. The van der Waals surface area contributed by atoms with Crippen molar-refractivity contribution in [1.82, 2.24) is 4.98 Å². The first kappa shape index (κ1) is 9.93. The number of carbonyl (C=O) groups excluding carboxylic acids is 1. The summed E-state index contributed by atoms with van der Waals surface area (Å²) in [7, 11) is 0. The normalized spacial score (nSPS) is 10.3. The zero-order valence-electron chi connectivity index (χ0n) is 8.03. The number of aryl methyl sites for hydroxylation is 1. The van der Waals surface area contributed by atoms with E-state index >= 15 is 0 Å². The molecule has 76 valence electrons. The molecule has 0 unspecified atom stereocenters. The summed E-state index contributed by atoms with van der Waals surface area (Å²) in [5.74, 6) is 1.12. The average molecular weight is 222 g/mol. The Bertz CT molecular complexity index is 491. The Morgan fingerprint density at radius 2 is 2.33 bits per heavy atom. The highest BCUT2D eigenvalue weighted by Gasteiger charge is 2.13. The van der Waals surface area contributed by atoms with E-state index in [-0.39, 0.29) is 0 Å². The SMILES string of the molecule is Cc1oc(-c2cccnc2)cc1C(=O)Cl. The van der Waals surface area contributed by atoms with Crippen molar-refractivity contribution in [2.75, 3.05) is 0 Å². The van der Waals surface area contributed by atoms with E-state index in [2.05, 4.69) is 4.98 Å². The Kier molecular flexibility index (Phi) is 2.56. The Morgan fingerprint density at radius 1 is 1.53 bits per heavy atom. The van der Waals surface area contributed by atoms with Crippen molar-refractivity contribution in [1.29, 1.82) is 0 Å². The number of rotatable bonds is 2. The fourth-order valence-electron chi connectivity index (χ4n) is 1.33. The van der Waals surface area contributed by atoms with E-state index in [1.807, 2.05) is 6.07 Å². The first-order valence-corrected chi connectivity index (χ1v) is 4.77. The van der Waals surface area contributed by atoms with Crippen molar-refractivity contribution in [2.45, 2.75) is 6.92 Å². The highest BCUT2D eigenvalue weighted by Crippen LogP contribution is 2.25. The van der Waals surface area contributed by atoms with E-state index in [1.54, 1.807) is 31.5 Å². The van der Waals surface area contributed by atoms with Crippen LogP contribution >= 0.6 is 11.6 Å². The molecule has 0 saturated carbocycles. The number of halogens is 1. The van der Waals surface area contributed by atoms with Gasteiger partial charge in [0.2, 0.25) is 0 Å². The lowest BCUT2D eigenvalue weighted by Gasteiger charge is -1.92. The number of aromatic nitrogens is 1. The highest BCUT2D eigenvalue weighted by molar-refractivity contribution is 6.67. The summed E-state index contributed by atoms with van der Waals surface area (Å²) >= 11 is 5.39. The van der Waals surface area contributed by atoms with Gasteiger partial charge in [-0.05, 0) is 36.7 Å². The maximum atomic E-state index is 11.0. The smallest absolute Gasteiger partial charge is 0.255 e. The van der Waals surface area contributed by atoms with Crippen LogP contribution in [0.2, 0.25) is 0 Å². The maximum absolute atomic E-state index is 11.0. The predicted molar refractivity (Wildman–Crippen MR) is 56.9 cm³/mol. The van der Waals surface area contributed by atoms with Gasteiger partial charge in [0.15, 0.2) is 0 Å². The number of hydrogen-bond donors (Lipinski definition) is 0. The molecule has 0 fully saturated rings. The lowest BCUT2D eigenvalue weighted by atomic mass is 10.2. The van der Waals surface area contributed by atoms with Crippen LogP contribution in [0.15, 0.2) is 35.0 Å². The van der Waals surface area contributed by atoms with Crippen LogP contribution in [0, 0.1) is 6.92 Å². The monoisotopic (exact) mass is 221 g/mol. The van der Waals surface area contributed by atoms with E-state index in [0.29, 0.717) is 17.1 Å². The molecule has 0 radical (unpaired) electrons. The molecule has 3 nitrogen and oxygen atoms in total. The van der Waals surface area contributed by atoms with Crippen molar-refractivity contribution < 1.29 is 9.21 Å². The fourth-order valence-corrected chi connectivity index (χ4v) is 1.52. The van der Waals surface area contributed by atoms with E-state index in [1.165, 1.54) is 0 Å². The zero-order chi connectivity index (χ0) is 10.8. The van der Waals surface area contributed by atoms with Gasteiger partial charge in [0.1, 0.15) is 11.5 Å². The van der Waals surface area contributed by atoms with Gasteiger partial charge in [-0.3, -0.25) is 9.78 Å². The molecular weight excluding hydrogens is 214 g/mol. The molecule has 0 aliphatic carbocycles. The van der Waals surface area contributed by atoms with Crippen LogP contribution in [-0.2, 0) is 0 Å². The molecule has 2 heterocycles. The van der Waals surface area contributed by atoms with Gasteiger partial charge in [-0.1, -0.05) is 0 Å². The van der Waals surface area contributed by atoms with Gasteiger partial charge >= 0.3 is 0 Å². The van der Waals surface area contributed by atoms with Crippen LogP contribution < -0.4 is 0 Å². The largest absolute Gasteiger partial charge is 0.461 e. The highest BCUT2D eigenvalue weighted by atomic mass is 35.5. The van der Waals surface area contributed by atoms with E-state index < -0.39 is 5.24 Å². The third-order valence-corrected chi connectivity index (χ3v) is 2.28. The molecule has 0 saturated heterocycles. The Balaban J connectivity index is 2.48. The van der Waals surface area contributed by atoms with Gasteiger partial charge < -0.3 is 4.42 Å². The molecule has 2 aromatic rings. The lowest BCUT2D eigenvalue weighted by molar-refractivity contribution is 0.108. The summed E-state index contributed by atoms with van der Waals surface area (Å²) in [6.45, 7) is 1.70. The van der Waals surface area contributed by atoms with Gasteiger partial charge in [0.05, 0.1) is 5.56 Å². The van der Waals surface area contributed by atoms with Crippen LogP contribution in [0.1, 0.15) is 16.1 Å². The summed E-state index contributed by atoms with van der Waals surface area (Å²) in [6.07, 6.45) is 3.34. The first-order chi connectivity index (χ1) is 7.18. The Hall–Kier alpha value is -1.61. The van der Waals surface area contributed by atoms with Crippen LogP contribution in [0.5, 0.6) is 0 Å². The quantitative estimate of drug-likeness (QED) is 0.732. The minimum absolute atomic E-state index is 0.399. The second-order valence-corrected chi connectivity index (χ2v) is 3.44. The number of hydrogen-bond acceptors (Lipinski definition) is 3. The summed E-state index contributed by atoms with van der Waals surface area (Å²) in [5, 5.41) is -0.508. The van der Waals surface area contributed by atoms with Crippen LogP contribution in [0.4, 0.5) is 0 Å². The average Bonchev–Trinajstić information content (AvgIpc) is 2.62. The lowest BCUT2D eigenvalue weighted by Crippen LogP contribution is -1.86. The molecule has 0 aromatic carbocycles. The molecular formula is C11H8ClNO2. The zero-order valence-corrected chi connectivity index (χ0v) is 8.78. The Labute approximate surface area is 91.7 Å². The summed E-state index contributed by atoms with van der Waals surface area (Å²) in [4.78, 5) is 15.0. The van der Waals surface area contributed by atoms with Gasteiger partial charge in [0, 0.05) is 18.0 Å². The van der Waals surface area contributed by atoms with Gasteiger partial charge in [-0.25, -0.2) is 0 Å². The molecule has 0 amide bonds. The molecule has 15 heavy (non-hydrogen) atoms. The molecule has 2 aromatic heterocycles. The molecule has 0 spiro atoms. The fraction of sp³-hybridized carbons (Fsp3) is 0.0909. The number of pyridine rings is 1. The van der Waals surface area contributed by atoms with Gasteiger partial charge in [-0.2, -0.15) is 0 Å². The van der Waals surface area contributed by atoms with Crippen molar-refractivity contribution in [2.24, 2.45) is 0 Å². The van der Waals surface area contributed by atoms with Crippen LogP contribution in [0.3, 0.4) is 0 Å². The van der Waals surface area contributed by atoms with Crippen molar-refractivity contribution in [3.63, 3.8) is 0 Å². The van der Waals surface area contributed by atoms with Crippen molar-refractivity contribution >= 4 is 16.8 Å². The minimum Gasteiger partial charge on any atom is -0.461 e. The van der Waals surface area contributed by atoms with Crippen molar-refractivity contribution in [3.05, 3.63) is 41.9 Å². The van der Waals surface area contributed by atoms with Crippen LogP contribution in [-0.4, -0.2) is 10.2 Å². The number of nitrogens with zero attached hydrogens (tertiary/aromatic N) is 1.